The topological polar surface area (TPSA) is 87.5 Å². The van der Waals surface area contributed by atoms with Crippen molar-refractivity contribution < 1.29 is 14.7 Å². The first kappa shape index (κ1) is 33.5. The van der Waals surface area contributed by atoms with Gasteiger partial charge in [0.2, 0.25) is 0 Å². The first-order chi connectivity index (χ1) is 22.9. The molecule has 0 atom stereocenters. The van der Waals surface area contributed by atoms with Gasteiger partial charge in [0.15, 0.2) is 0 Å². The number of aromatic nitrogens is 2. The van der Waals surface area contributed by atoms with E-state index in [0.29, 0.717) is 18.7 Å². The minimum atomic E-state index is -0.944. The summed E-state index contributed by atoms with van der Waals surface area (Å²) in [5.41, 5.74) is 7.62. The predicted octanol–water partition coefficient (Wildman–Crippen LogP) is 9.38. The number of urea groups is 1. The Morgan fingerprint density at radius 2 is 1.57 bits per heavy atom. The van der Waals surface area contributed by atoms with E-state index < -0.39 is 5.97 Å². The second-order valence-electron chi connectivity index (χ2n) is 12.2. The van der Waals surface area contributed by atoms with Crippen LogP contribution in [-0.4, -0.2) is 39.7 Å². The van der Waals surface area contributed by atoms with E-state index in [0.717, 1.165) is 84.3 Å². The molecule has 4 aromatic carbocycles. The molecule has 0 spiro atoms. The van der Waals surface area contributed by atoms with Gasteiger partial charge < -0.3 is 10.4 Å². The van der Waals surface area contributed by atoms with Crippen molar-refractivity contribution in [2.75, 3.05) is 18.0 Å². The number of unbranched alkanes of at least 4 members (excludes halogenated alkanes) is 4. The average Bonchev–Trinajstić information content (AvgIpc) is 3.45. The molecule has 0 fully saturated rings. The highest BCUT2D eigenvalue weighted by atomic mass is 16.4. The zero-order valence-electron chi connectivity index (χ0n) is 27.8. The Kier molecular flexibility index (Phi) is 11.4. The fraction of sp³-hybridized carbons (Fsp3) is 0.325. The summed E-state index contributed by atoms with van der Waals surface area (Å²) in [7, 11) is 0. The van der Waals surface area contributed by atoms with Crippen LogP contribution in [0.2, 0.25) is 0 Å². The van der Waals surface area contributed by atoms with E-state index in [1.165, 1.54) is 12.0 Å². The quantitative estimate of drug-likeness (QED) is 0.113. The molecule has 0 saturated carbocycles. The molecule has 2 N–H and O–H groups in total. The summed E-state index contributed by atoms with van der Waals surface area (Å²) in [5.74, 6) is 0.0224. The summed E-state index contributed by atoms with van der Waals surface area (Å²) < 4.78 is 2.20. The zero-order chi connectivity index (χ0) is 33.2. The summed E-state index contributed by atoms with van der Waals surface area (Å²) in [5, 5.41) is 13.0. The van der Waals surface area contributed by atoms with Gasteiger partial charge in [-0.25, -0.2) is 14.6 Å². The molecule has 0 aliphatic heterocycles. The van der Waals surface area contributed by atoms with Crippen LogP contribution < -0.4 is 10.2 Å². The molecule has 1 aromatic heterocycles. The Hall–Kier alpha value is -4.91. The minimum absolute atomic E-state index is 0.0913. The zero-order valence-corrected chi connectivity index (χ0v) is 27.8. The summed E-state index contributed by atoms with van der Waals surface area (Å²) in [6.07, 6.45) is 8.00. The molecule has 0 unspecified atom stereocenters. The number of hydrogen-bond acceptors (Lipinski definition) is 3. The molecule has 0 saturated heterocycles. The smallest absolute Gasteiger partial charge is 0.336 e. The second-order valence-corrected chi connectivity index (χ2v) is 12.2. The molecular formula is C40H46N4O3. The lowest BCUT2D eigenvalue weighted by atomic mass is 9.95. The molecule has 47 heavy (non-hydrogen) atoms. The maximum absolute atomic E-state index is 13.7. The molecular weight excluding hydrogens is 584 g/mol. The van der Waals surface area contributed by atoms with Gasteiger partial charge in [0.05, 0.1) is 16.6 Å². The number of rotatable bonds is 15. The summed E-state index contributed by atoms with van der Waals surface area (Å²) in [4.78, 5) is 32.6. The van der Waals surface area contributed by atoms with Crippen LogP contribution in [-0.2, 0) is 12.8 Å². The number of fused-ring (bicyclic) bond motifs is 1. The van der Waals surface area contributed by atoms with Crippen molar-refractivity contribution in [2.45, 2.75) is 72.1 Å². The van der Waals surface area contributed by atoms with Gasteiger partial charge in [-0.15, -0.1) is 0 Å². The third-order valence-electron chi connectivity index (χ3n) is 8.71. The lowest BCUT2D eigenvalue weighted by Gasteiger charge is -2.24. The van der Waals surface area contributed by atoms with Crippen LogP contribution in [0.1, 0.15) is 79.7 Å². The number of aryl methyl sites for hydroxylation is 2. The van der Waals surface area contributed by atoms with Crippen LogP contribution in [0.15, 0.2) is 91.0 Å². The molecule has 2 amide bonds. The van der Waals surface area contributed by atoms with E-state index in [1.807, 2.05) is 66.4 Å². The predicted molar refractivity (Wildman–Crippen MR) is 192 cm³/mol. The maximum atomic E-state index is 13.7. The molecule has 0 aliphatic rings. The van der Waals surface area contributed by atoms with Crippen molar-refractivity contribution in [3.05, 3.63) is 114 Å². The van der Waals surface area contributed by atoms with Crippen LogP contribution in [0.25, 0.3) is 27.8 Å². The summed E-state index contributed by atoms with van der Waals surface area (Å²) in [6, 6.07) is 29.6. The van der Waals surface area contributed by atoms with Gasteiger partial charge in [0, 0.05) is 30.9 Å². The molecule has 7 heteroatoms. The van der Waals surface area contributed by atoms with Crippen molar-refractivity contribution in [1.29, 1.82) is 0 Å². The first-order valence-electron chi connectivity index (χ1n) is 17.0. The minimum Gasteiger partial charge on any atom is -0.478 e. The molecule has 5 aromatic rings. The number of carboxylic acids is 1. The van der Waals surface area contributed by atoms with Crippen molar-refractivity contribution in [3.63, 3.8) is 0 Å². The van der Waals surface area contributed by atoms with Crippen molar-refractivity contribution >= 4 is 28.7 Å². The first-order valence-corrected chi connectivity index (χ1v) is 17.0. The van der Waals surface area contributed by atoms with Gasteiger partial charge in [-0.2, -0.15) is 0 Å². The number of carbonyl (C=O) groups is 2. The number of hydrogen-bond donors (Lipinski definition) is 2. The molecule has 5 rings (SSSR count). The van der Waals surface area contributed by atoms with E-state index in [1.54, 1.807) is 12.1 Å². The van der Waals surface area contributed by atoms with Gasteiger partial charge >= 0.3 is 12.0 Å². The Morgan fingerprint density at radius 1 is 0.809 bits per heavy atom. The van der Waals surface area contributed by atoms with Crippen LogP contribution in [0.5, 0.6) is 0 Å². The molecule has 0 radical (unpaired) electrons. The second kappa shape index (κ2) is 16.1. The standard InChI is InChI=1S/C40H46N4O3/c1-4-6-8-14-25-41-40(47)43(26-24-30-15-10-9-11-16-30)31-21-23-36-37(28-31)44(38(42-36)19-7-5-2)32-20-22-33(29(3)27-32)34-17-12-13-18-35(34)39(45)46/h9-13,15-18,20-23,27-28H,4-8,14,19,24-26H2,1-3H3,(H,41,47)(H,45,46). The van der Waals surface area contributed by atoms with Crippen LogP contribution in [0.3, 0.4) is 0 Å². The number of aromatic carboxylic acids is 1. The van der Waals surface area contributed by atoms with Gasteiger partial charge in [-0.05, 0) is 84.8 Å². The number of nitrogens with zero attached hydrogens (tertiary/aromatic N) is 3. The number of anilines is 1. The van der Waals surface area contributed by atoms with E-state index in [4.69, 9.17) is 4.98 Å². The maximum Gasteiger partial charge on any atom is 0.336 e. The van der Waals surface area contributed by atoms with Crippen molar-refractivity contribution in [3.8, 4) is 16.8 Å². The van der Waals surface area contributed by atoms with Crippen LogP contribution in [0, 0.1) is 6.92 Å². The van der Waals surface area contributed by atoms with E-state index >= 15 is 0 Å². The van der Waals surface area contributed by atoms with Crippen molar-refractivity contribution in [2.24, 2.45) is 0 Å². The van der Waals surface area contributed by atoms with E-state index in [2.05, 4.69) is 48.0 Å². The highest BCUT2D eigenvalue weighted by Crippen LogP contribution is 2.32. The lowest BCUT2D eigenvalue weighted by molar-refractivity contribution is 0.0697. The largest absolute Gasteiger partial charge is 0.478 e. The normalized spacial score (nSPS) is 11.1. The fourth-order valence-corrected chi connectivity index (χ4v) is 6.14. The summed E-state index contributed by atoms with van der Waals surface area (Å²) >= 11 is 0. The van der Waals surface area contributed by atoms with Gasteiger partial charge in [-0.3, -0.25) is 9.47 Å². The average molecular weight is 631 g/mol. The number of nitrogens with one attached hydrogen (secondary N) is 1. The number of benzene rings is 4. The Balaban J connectivity index is 1.54. The molecule has 7 nitrogen and oxygen atoms in total. The van der Waals surface area contributed by atoms with Gasteiger partial charge in [-0.1, -0.05) is 94.1 Å². The van der Waals surface area contributed by atoms with E-state index in [9.17, 15) is 14.7 Å². The van der Waals surface area contributed by atoms with Crippen molar-refractivity contribution in [1.82, 2.24) is 14.9 Å². The number of imidazole rings is 1. The highest BCUT2D eigenvalue weighted by Gasteiger charge is 2.20. The van der Waals surface area contributed by atoms with E-state index in [-0.39, 0.29) is 11.6 Å². The number of carboxylic acid groups (broad SMARTS) is 1. The van der Waals surface area contributed by atoms with Crippen LogP contribution in [0.4, 0.5) is 10.5 Å². The monoisotopic (exact) mass is 630 g/mol. The highest BCUT2D eigenvalue weighted by molar-refractivity contribution is 5.97. The third-order valence-corrected chi connectivity index (χ3v) is 8.71. The third kappa shape index (κ3) is 8.09. The van der Waals surface area contributed by atoms with Crippen LogP contribution >= 0.6 is 0 Å². The molecule has 244 valence electrons. The lowest BCUT2D eigenvalue weighted by Crippen LogP contribution is -2.41. The fourth-order valence-electron chi connectivity index (χ4n) is 6.14. The Bertz CT molecular complexity index is 1810. The Morgan fingerprint density at radius 3 is 2.32 bits per heavy atom. The molecule has 1 heterocycles. The Labute approximate surface area is 278 Å². The van der Waals surface area contributed by atoms with Gasteiger partial charge in [0.1, 0.15) is 5.82 Å². The SMILES string of the molecule is CCCCCCNC(=O)N(CCc1ccccc1)c1ccc2nc(CCCC)n(-c3ccc(-c4ccccc4C(=O)O)c(C)c3)c2c1. The number of amides is 2. The molecule has 0 bridgehead atoms. The summed E-state index contributed by atoms with van der Waals surface area (Å²) in [6.45, 7) is 7.58. The molecule has 0 aliphatic carbocycles. The van der Waals surface area contributed by atoms with Gasteiger partial charge in [0.25, 0.3) is 0 Å². The number of carbonyl (C=O) groups excluding carboxylic acids is 1.